The van der Waals surface area contributed by atoms with Crippen molar-refractivity contribution in [2.24, 2.45) is 5.73 Å². The van der Waals surface area contributed by atoms with Crippen LogP contribution in [0.1, 0.15) is 36.1 Å². The number of aromatic amines is 1. The van der Waals surface area contributed by atoms with Gasteiger partial charge in [0.2, 0.25) is 0 Å². The zero-order valence-corrected chi connectivity index (χ0v) is 10.6. The molecule has 0 spiro atoms. The number of hydrogen-bond acceptors (Lipinski definition) is 1. The maximum atomic E-state index is 6.16. The Morgan fingerprint density at radius 1 is 1.29 bits per heavy atom. The van der Waals surface area contributed by atoms with Gasteiger partial charge in [0.25, 0.3) is 0 Å². The molecule has 3 N–H and O–H groups in total. The van der Waals surface area contributed by atoms with Crippen molar-refractivity contribution >= 4 is 10.9 Å². The predicted molar refractivity (Wildman–Crippen MR) is 72.2 cm³/mol. The second kappa shape index (κ2) is 3.61. The maximum absolute atomic E-state index is 6.16. The van der Waals surface area contributed by atoms with Gasteiger partial charge in [-0.05, 0) is 50.7 Å². The average molecular weight is 228 g/mol. The topological polar surface area (TPSA) is 41.8 Å². The van der Waals surface area contributed by atoms with Gasteiger partial charge in [-0.2, -0.15) is 0 Å². The van der Waals surface area contributed by atoms with Gasteiger partial charge in [0, 0.05) is 22.1 Å². The van der Waals surface area contributed by atoms with Crippen LogP contribution in [0.3, 0.4) is 0 Å². The van der Waals surface area contributed by atoms with Crippen molar-refractivity contribution in [3.05, 3.63) is 35.0 Å². The molecular formula is C15H20N2. The molecule has 1 aromatic carbocycles. The Morgan fingerprint density at radius 3 is 2.76 bits per heavy atom. The third kappa shape index (κ3) is 1.87. The number of H-pyrrole nitrogens is 1. The highest BCUT2D eigenvalue weighted by atomic mass is 14.8. The first kappa shape index (κ1) is 10.8. The molecule has 90 valence electrons. The number of nitrogens with one attached hydrogen (secondary N) is 1. The molecule has 0 aliphatic heterocycles. The van der Waals surface area contributed by atoms with Crippen LogP contribution >= 0.6 is 0 Å². The number of para-hydroxylation sites is 1. The van der Waals surface area contributed by atoms with Crippen LogP contribution in [0.15, 0.2) is 18.2 Å². The lowest BCUT2D eigenvalue weighted by atomic mass is 10.0. The van der Waals surface area contributed by atoms with E-state index in [1.54, 1.807) is 0 Å². The number of benzene rings is 1. The van der Waals surface area contributed by atoms with Crippen molar-refractivity contribution in [2.45, 2.75) is 45.1 Å². The molecule has 1 aromatic heterocycles. The smallest absolute Gasteiger partial charge is 0.0491 e. The Bertz CT molecular complexity index is 562. The summed E-state index contributed by atoms with van der Waals surface area (Å²) in [7, 11) is 0. The summed E-state index contributed by atoms with van der Waals surface area (Å²) in [5.41, 5.74) is 11.7. The van der Waals surface area contributed by atoms with Crippen LogP contribution in [0.5, 0.6) is 0 Å². The van der Waals surface area contributed by atoms with E-state index in [1.807, 2.05) is 0 Å². The number of rotatable bonds is 3. The molecule has 17 heavy (non-hydrogen) atoms. The Labute approximate surface area is 102 Å². The van der Waals surface area contributed by atoms with Crippen LogP contribution in [0.25, 0.3) is 10.9 Å². The molecule has 0 atom stereocenters. The van der Waals surface area contributed by atoms with E-state index < -0.39 is 0 Å². The third-order valence-corrected chi connectivity index (χ3v) is 4.21. The first-order chi connectivity index (χ1) is 8.09. The lowest BCUT2D eigenvalue weighted by Crippen LogP contribution is -2.22. The van der Waals surface area contributed by atoms with Gasteiger partial charge in [-0.15, -0.1) is 0 Å². The van der Waals surface area contributed by atoms with Gasteiger partial charge in [0.15, 0.2) is 0 Å². The largest absolute Gasteiger partial charge is 0.358 e. The summed E-state index contributed by atoms with van der Waals surface area (Å²) < 4.78 is 0. The van der Waals surface area contributed by atoms with E-state index >= 15 is 0 Å². The Kier molecular flexibility index (Phi) is 2.30. The normalized spacial score (nSPS) is 17.6. The summed E-state index contributed by atoms with van der Waals surface area (Å²) in [5.74, 6) is 0. The van der Waals surface area contributed by atoms with Crippen molar-refractivity contribution in [1.29, 1.82) is 0 Å². The molecular weight excluding hydrogens is 208 g/mol. The standard InChI is InChI=1S/C15H20N2/c1-10-11(2)17-14-12(4-3-5-13(10)14)6-7-15(16)8-9-15/h3-5,17H,6-9,16H2,1-2H3. The Morgan fingerprint density at radius 2 is 2.06 bits per heavy atom. The lowest BCUT2D eigenvalue weighted by molar-refractivity contribution is 0.610. The maximum Gasteiger partial charge on any atom is 0.0491 e. The monoisotopic (exact) mass is 228 g/mol. The van der Waals surface area contributed by atoms with E-state index in [-0.39, 0.29) is 5.54 Å². The van der Waals surface area contributed by atoms with Crippen LogP contribution in [0.2, 0.25) is 0 Å². The summed E-state index contributed by atoms with van der Waals surface area (Å²) in [4.78, 5) is 3.51. The molecule has 0 unspecified atom stereocenters. The third-order valence-electron chi connectivity index (χ3n) is 4.21. The summed E-state index contributed by atoms with van der Waals surface area (Å²) in [5, 5.41) is 1.36. The average Bonchev–Trinajstić information content (AvgIpc) is 2.98. The molecule has 1 fully saturated rings. The Hall–Kier alpha value is -1.28. The van der Waals surface area contributed by atoms with Crippen LogP contribution in [-0.4, -0.2) is 10.5 Å². The van der Waals surface area contributed by atoms with E-state index in [4.69, 9.17) is 5.73 Å². The molecule has 1 heterocycles. The van der Waals surface area contributed by atoms with Crippen LogP contribution in [0, 0.1) is 13.8 Å². The van der Waals surface area contributed by atoms with Gasteiger partial charge in [-0.3, -0.25) is 0 Å². The Balaban J connectivity index is 1.95. The van der Waals surface area contributed by atoms with Crippen molar-refractivity contribution in [2.75, 3.05) is 0 Å². The number of fused-ring (bicyclic) bond motifs is 1. The number of nitrogens with two attached hydrogens (primary N) is 1. The number of aryl methyl sites for hydroxylation is 3. The summed E-state index contributed by atoms with van der Waals surface area (Å²) >= 11 is 0. The van der Waals surface area contributed by atoms with Gasteiger partial charge >= 0.3 is 0 Å². The molecule has 2 nitrogen and oxygen atoms in total. The molecule has 1 saturated carbocycles. The molecule has 0 amide bonds. The zero-order chi connectivity index (χ0) is 12.0. The molecule has 3 rings (SSSR count). The first-order valence-corrected chi connectivity index (χ1v) is 6.45. The molecule has 0 bridgehead atoms. The van der Waals surface area contributed by atoms with E-state index in [9.17, 15) is 0 Å². The lowest BCUT2D eigenvalue weighted by Gasteiger charge is -2.08. The fraction of sp³-hybridized carbons (Fsp3) is 0.467. The molecule has 0 radical (unpaired) electrons. The highest BCUT2D eigenvalue weighted by Gasteiger charge is 2.37. The number of aromatic nitrogens is 1. The van der Waals surface area contributed by atoms with Crippen LogP contribution in [-0.2, 0) is 6.42 Å². The van der Waals surface area contributed by atoms with Gasteiger partial charge in [-0.1, -0.05) is 18.2 Å². The first-order valence-electron chi connectivity index (χ1n) is 6.45. The van der Waals surface area contributed by atoms with Gasteiger partial charge in [0.1, 0.15) is 0 Å². The minimum absolute atomic E-state index is 0.152. The fourth-order valence-electron chi connectivity index (χ4n) is 2.55. The summed E-state index contributed by atoms with van der Waals surface area (Å²) in [6.45, 7) is 4.33. The summed E-state index contributed by atoms with van der Waals surface area (Å²) in [6, 6.07) is 6.59. The predicted octanol–water partition coefficient (Wildman–Crippen LogP) is 3.21. The van der Waals surface area contributed by atoms with E-state index in [1.165, 1.54) is 40.6 Å². The van der Waals surface area contributed by atoms with Crippen molar-refractivity contribution < 1.29 is 0 Å². The molecule has 2 heteroatoms. The van der Waals surface area contributed by atoms with Gasteiger partial charge < -0.3 is 10.7 Å². The van der Waals surface area contributed by atoms with Crippen molar-refractivity contribution in [1.82, 2.24) is 4.98 Å². The second-order valence-corrected chi connectivity index (χ2v) is 5.58. The SMILES string of the molecule is Cc1[nH]c2c(CCC3(N)CC3)cccc2c1C. The van der Waals surface area contributed by atoms with E-state index in [0.717, 1.165) is 12.8 Å². The van der Waals surface area contributed by atoms with Crippen LogP contribution < -0.4 is 5.73 Å². The minimum Gasteiger partial charge on any atom is -0.358 e. The minimum atomic E-state index is 0.152. The van der Waals surface area contributed by atoms with Crippen molar-refractivity contribution in [3.63, 3.8) is 0 Å². The highest BCUT2D eigenvalue weighted by molar-refractivity contribution is 5.87. The summed E-state index contributed by atoms with van der Waals surface area (Å²) in [6.07, 6.45) is 4.61. The second-order valence-electron chi connectivity index (χ2n) is 5.58. The molecule has 1 aliphatic rings. The fourth-order valence-corrected chi connectivity index (χ4v) is 2.55. The molecule has 2 aromatic rings. The highest BCUT2D eigenvalue weighted by Crippen LogP contribution is 2.37. The van der Waals surface area contributed by atoms with E-state index in [2.05, 4.69) is 37.0 Å². The molecule has 1 aliphatic carbocycles. The van der Waals surface area contributed by atoms with Gasteiger partial charge in [-0.25, -0.2) is 0 Å². The number of hydrogen-bond donors (Lipinski definition) is 2. The van der Waals surface area contributed by atoms with Gasteiger partial charge in [0.05, 0.1) is 0 Å². The zero-order valence-electron chi connectivity index (χ0n) is 10.6. The quantitative estimate of drug-likeness (QED) is 0.832. The molecule has 0 saturated heterocycles. The van der Waals surface area contributed by atoms with E-state index in [0.29, 0.717) is 0 Å². The van der Waals surface area contributed by atoms with Crippen LogP contribution in [0.4, 0.5) is 0 Å². The van der Waals surface area contributed by atoms with Crippen molar-refractivity contribution in [3.8, 4) is 0 Å².